The third-order valence-electron chi connectivity index (χ3n) is 3.16. The van der Waals surface area contributed by atoms with Crippen LogP contribution in [0.2, 0.25) is 0 Å². The third-order valence-corrected chi connectivity index (χ3v) is 3.99. The number of nitrogen functional groups attached to an aromatic ring is 1. The highest BCUT2D eigenvalue weighted by Crippen LogP contribution is 2.26. The molecule has 1 amide bonds. The quantitative estimate of drug-likeness (QED) is 0.797. The van der Waals surface area contributed by atoms with E-state index in [0.717, 1.165) is 23.4 Å². The van der Waals surface area contributed by atoms with E-state index in [9.17, 15) is 4.79 Å². The van der Waals surface area contributed by atoms with E-state index < -0.39 is 0 Å². The number of nitrogens with zero attached hydrogens (tertiary/aromatic N) is 1. The van der Waals surface area contributed by atoms with Crippen LogP contribution >= 0.6 is 36.2 Å². The lowest BCUT2D eigenvalue weighted by Gasteiger charge is -2.17. The summed E-state index contributed by atoms with van der Waals surface area (Å²) in [4.78, 5) is 17.3. The van der Waals surface area contributed by atoms with Gasteiger partial charge >= 0.3 is 0 Å². The van der Waals surface area contributed by atoms with Crippen LogP contribution in [0, 0.1) is 0 Å². The summed E-state index contributed by atoms with van der Waals surface area (Å²) in [5.41, 5.74) is 10.0. The van der Waals surface area contributed by atoms with Gasteiger partial charge in [0.15, 0.2) is 0 Å². The molecule has 0 aliphatic carbocycles. The SMILES string of the molecule is CC(C)(C)c1ncsc1C(=O)NCCc1ccc(N)cc1.Cl.Cl. The van der Waals surface area contributed by atoms with Crippen LogP contribution < -0.4 is 11.1 Å². The second kappa shape index (κ2) is 9.11. The Hall–Kier alpha value is -1.30. The largest absolute Gasteiger partial charge is 0.399 e. The molecule has 0 fully saturated rings. The Balaban J connectivity index is 0.00000242. The smallest absolute Gasteiger partial charge is 0.263 e. The van der Waals surface area contributed by atoms with Gasteiger partial charge in [0.05, 0.1) is 11.2 Å². The van der Waals surface area contributed by atoms with Crippen LogP contribution in [0.15, 0.2) is 29.8 Å². The standard InChI is InChI=1S/C16H21N3OS.2ClH/c1-16(2,3)14-13(21-10-19-14)15(20)18-9-8-11-4-6-12(17)7-5-11;;/h4-7,10H,8-9,17H2,1-3H3,(H,18,20);2*1H. The number of hydrogen-bond acceptors (Lipinski definition) is 4. The van der Waals surface area contributed by atoms with Crippen LogP contribution in [-0.4, -0.2) is 17.4 Å². The fourth-order valence-electron chi connectivity index (χ4n) is 2.03. The van der Waals surface area contributed by atoms with Crippen LogP contribution in [0.1, 0.15) is 41.7 Å². The zero-order chi connectivity index (χ0) is 15.5. The highest BCUT2D eigenvalue weighted by Gasteiger charge is 2.24. The molecule has 23 heavy (non-hydrogen) atoms. The first-order valence-electron chi connectivity index (χ1n) is 6.94. The number of hydrogen-bond donors (Lipinski definition) is 2. The van der Waals surface area contributed by atoms with Gasteiger partial charge in [-0.2, -0.15) is 0 Å². The molecule has 0 radical (unpaired) electrons. The lowest BCUT2D eigenvalue weighted by Crippen LogP contribution is -2.27. The number of rotatable bonds is 4. The van der Waals surface area contributed by atoms with Crippen molar-refractivity contribution in [1.82, 2.24) is 10.3 Å². The van der Waals surface area contributed by atoms with E-state index in [2.05, 4.69) is 31.1 Å². The Labute approximate surface area is 153 Å². The molecule has 128 valence electrons. The second-order valence-corrected chi connectivity index (χ2v) is 6.88. The predicted octanol–water partition coefficient (Wildman–Crippen LogP) is 3.84. The number of aromatic nitrogens is 1. The minimum atomic E-state index is -0.121. The van der Waals surface area contributed by atoms with E-state index in [1.165, 1.54) is 11.3 Å². The summed E-state index contributed by atoms with van der Waals surface area (Å²) in [5, 5.41) is 2.96. The van der Waals surface area contributed by atoms with Crippen molar-refractivity contribution in [2.45, 2.75) is 32.6 Å². The Morgan fingerprint density at radius 1 is 1.22 bits per heavy atom. The molecule has 0 aliphatic rings. The number of benzene rings is 1. The van der Waals surface area contributed by atoms with Crippen LogP contribution in [0.3, 0.4) is 0 Å². The van der Waals surface area contributed by atoms with Crippen molar-refractivity contribution in [2.24, 2.45) is 0 Å². The third kappa shape index (κ3) is 6.01. The zero-order valence-corrected chi connectivity index (χ0v) is 15.9. The lowest BCUT2D eigenvalue weighted by atomic mass is 9.91. The average Bonchev–Trinajstić information content (AvgIpc) is 2.90. The molecule has 0 bridgehead atoms. The fraction of sp³-hybridized carbons (Fsp3) is 0.375. The number of halogens is 2. The summed E-state index contributed by atoms with van der Waals surface area (Å²) in [7, 11) is 0. The molecule has 0 saturated heterocycles. The van der Waals surface area contributed by atoms with Crippen molar-refractivity contribution in [3.05, 3.63) is 45.9 Å². The first kappa shape index (κ1) is 21.7. The molecule has 7 heteroatoms. The van der Waals surface area contributed by atoms with Crippen molar-refractivity contribution < 1.29 is 4.79 Å². The maximum Gasteiger partial charge on any atom is 0.263 e. The highest BCUT2D eigenvalue weighted by atomic mass is 35.5. The van der Waals surface area contributed by atoms with Gasteiger partial charge in [-0.1, -0.05) is 32.9 Å². The highest BCUT2D eigenvalue weighted by molar-refractivity contribution is 7.11. The van der Waals surface area contributed by atoms with Crippen LogP contribution in [-0.2, 0) is 11.8 Å². The second-order valence-electron chi connectivity index (χ2n) is 6.03. The predicted molar refractivity (Wildman–Crippen MR) is 102 cm³/mol. The molecular weight excluding hydrogens is 353 g/mol. The van der Waals surface area contributed by atoms with E-state index >= 15 is 0 Å². The van der Waals surface area contributed by atoms with Gasteiger partial charge in [0.1, 0.15) is 4.88 Å². The number of nitrogens with one attached hydrogen (secondary N) is 1. The number of anilines is 1. The Kier molecular flexibility index (Phi) is 8.59. The summed E-state index contributed by atoms with van der Waals surface area (Å²) in [6.45, 7) is 6.79. The van der Waals surface area contributed by atoms with Crippen molar-refractivity contribution in [1.29, 1.82) is 0 Å². The Bertz CT molecular complexity index is 621. The topological polar surface area (TPSA) is 68.0 Å². The van der Waals surface area contributed by atoms with Crippen molar-refractivity contribution >= 4 is 47.7 Å². The van der Waals surface area contributed by atoms with E-state index in [-0.39, 0.29) is 36.1 Å². The number of amides is 1. The number of thiazole rings is 1. The van der Waals surface area contributed by atoms with Gasteiger partial charge in [0.25, 0.3) is 5.91 Å². The molecule has 0 atom stereocenters. The van der Waals surface area contributed by atoms with Crippen molar-refractivity contribution in [2.75, 3.05) is 12.3 Å². The van der Waals surface area contributed by atoms with Crippen LogP contribution in [0.25, 0.3) is 0 Å². The van der Waals surface area contributed by atoms with Gasteiger partial charge < -0.3 is 11.1 Å². The first-order chi connectivity index (χ1) is 9.88. The van der Waals surface area contributed by atoms with E-state index in [4.69, 9.17) is 5.73 Å². The molecule has 1 aromatic carbocycles. The van der Waals surface area contributed by atoms with Gasteiger partial charge in [0, 0.05) is 17.6 Å². The molecule has 4 nitrogen and oxygen atoms in total. The Morgan fingerprint density at radius 2 is 1.83 bits per heavy atom. The Morgan fingerprint density at radius 3 is 2.39 bits per heavy atom. The lowest BCUT2D eigenvalue weighted by molar-refractivity contribution is 0.0956. The maximum atomic E-state index is 12.3. The maximum absolute atomic E-state index is 12.3. The van der Waals surface area contributed by atoms with Gasteiger partial charge in [-0.05, 0) is 24.1 Å². The number of carbonyl (C=O) groups is 1. The molecule has 1 heterocycles. The van der Waals surface area contributed by atoms with Crippen molar-refractivity contribution in [3.63, 3.8) is 0 Å². The minimum Gasteiger partial charge on any atom is -0.399 e. The molecule has 1 aromatic heterocycles. The first-order valence-corrected chi connectivity index (χ1v) is 7.82. The summed E-state index contributed by atoms with van der Waals surface area (Å²) >= 11 is 1.39. The molecule has 3 N–H and O–H groups in total. The monoisotopic (exact) mass is 375 g/mol. The average molecular weight is 376 g/mol. The molecule has 0 saturated carbocycles. The molecule has 0 unspecified atom stereocenters. The van der Waals surface area contributed by atoms with Gasteiger partial charge in [0.2, 0.25) is 0 Å². The van der Waals surface area contributed by atoms with E-state index in [1.807, 2.05) is 24.3 Å². The summed E-state index contributed by atoms with van der Waals surface area (Å²) in [6.07, 6.45) is 0.787. The fourth-order valence-corrected chi connectivity index (χ4v) is 2.94. The van der Waals surface area contributed by atoms with Crippen LogP contribution in [0.5, 0.6) is 0 Å². The summed E-state index contributed by atoms with van der Waals surface area (Å²) < 4.78 is 0. The van der Waals surface area contributed by atoms with Crippen molar-refractivity contribution in [3.8, 4) is 0 Å². The summed E-state index contributed by atoms with van der Waals surface area (Å²) in [6, 6.07) is 7.71. The van der Waals surface area contributed by atoms with Gasteiger partial charge in [-0.25, -0.2) is 4.98 Å². The molecular formula is C16H23Cl2N3OS. The van der Waals surface area contributed by atoms with Gasteiger partial charge in [-0.3, -0.25) is 4.79 Å². The van der Waals surface area contributed by atoms with Crippen LogP contribution in [0.4, 0.5) is 5.69 Å². The molecule has 0 aliphatic heterocycles. The molecule has 0 spiro atoms. The number of carbonyl (C=O) groups excluding carboxylic acids is 1. The molecule has 2 aromatic rings. The van der Waals surface area contributed by atoms with E-state index in [1.54, 1.807) is 5.51 Å². The molecule has 2 rings (SSSR count). The zero-order valence-electron chi connectivity index (χ0n) is 13.5. The van der Waals surface area contributed by atoms with Gasteiger partial charge in [-0.15, -0.1) is 36.2 Å². The summed E-state index contributed by atoms with van der Waals surface area (Å²) in [5.74, 6) is -0.0436. The minimum absolute atomic E-state index is 0. The normalized spacial score (nSPS) is 10.4. The van der Waals surface area contributed by atoms with E-state index in [0.29, 0.717) is 11.4 Å². The number of nitrogens with two attached hydrogens (primary N) is 1.